The zero-order valence-electron chi connectivity index (χ0n) is 11.2. The summed E-state index contributed by atoms with van der Waals surface area (Å²) < 4.78 is 0. The van der Waals surface area contributed by atoms with Crippen LogP contribution in [0, 0.1) is 12.8 Å². The van der Waals surface area contributed by atoms with Gasteiger partial charge in [0.25, 0.3) is 0 Å². The molecule has 1 aliphatic rings. The fraction of sp³-hybridized carbons (Fsp3) is 0.643. The van der Waals surface area contributed by atoms with E-state index >= 15 is 0 Å². The molecule has 1 aromatic rings. The summed E-state index contributed by atoms with van der Waals surface area (Å²) in [6, 6.07) is 4.66. The highest BCUT2D eigenvalue weighted by molar-refractivity contribution is 7.11. The van der Waals surface area contributed by atoms with Gasteiger partial charge in [-0.3, -0.25) is 4.79 Å². The van der Waals surface area contributed by atoms with Crippen LogP contribution in [0.25, 0.3) is 0 Å². The summed E-state index contributed by atoms with van der Waals surface area (Å²) in [6.07, 6.45) is 3.55. The third kappa shape index (κ3) is 4.78. The van der Waals surface area contributed by atoms with Crippen LogP contribution in [0.1, 0.15) is 29.5 Å². The maximum atomic E-state index is 11.6. The van der Waals surface area contributed by atoms with E-state index in [1.807, 2.05) is 11.3 Å². The Morgan fingerprint density at radius 3 is 2.89 bits per heavy atom. The Kier molecular flexibility index (Phi) is 4.78. The second kappa shape index (κ2) is 6.34. The molecular formula is C14H22N2OS. The largest absolute Gasteiger partial charge is 0.355 e. The molecule has 1 amide bonds. The molecule has 1 atom stereocenters. The maximum absolute atomic E-state index is 11.6. The number of thiophene rings is 1. The Labute approximate surface area is 113 Å². The number of amides is 1. The first-order valence-electron chi connectivity index (χ1n) is 6.69. The van der Waals surface area contributed by atoms with Crippen LogP contribution in [-0.2, 0) is 11.2 Å². The lowest BCUT2D eigenvalue weighted by atomic mass is 10.2. The third-order valence-corrected chi connectivity index (χ3v) is 4.22. The second-order valence-electron chi connectivity index (χ2n) is 5.25. The summed E-state index contributed by atoms with van der Waals surface area (Å²) in [6.45, 7) is 5.54. The minimum atomic E-state index is 0.121. The van der Waals surface area contributed by atoms with Gasteiger partial charge in [-0.25, -0.2) is 0 Å². The molecule has 0 aliphatic heterocycles. The van der Waals surface area contributed by atoms with Crippen LogP contribution in [0.2, 0.25) is 0 Å². The van der Waals surface area contributed by atoms with Crippen LogP contribution < -0.4 is 10.6 Å². The molecule has 0 aromatic carbocycles. The van der Waals surface area contributed by atoms with E-state index in [-0.39, 0.29) is 5.91 Å². The molecule has 0 bridgehead atoms. The molecule has 1 fully saturated rings. The van der Waals surface area contributed by atoms with Gasteiger partial charge in [-0.1, -0.05) is 0 Å². The van der Waals surface area contributed by atoms with Gasteiger partial charge in [0.2, 0.25) is 5.91 Å². The van der Waals surface area contributed by atoms with Crippen molar-refractivity contribution in [2.24, 2.45) is 5.92 Å². The second-order valence-corrected chi connectivity index (χ2v) is 6.62. The molecule has 100 valence electrons. The van der Waals surface area contributed by atoms with Crippen LogP contribution in [0.5, 0.6) is 0 Å². The van der Waals surface area contributed by atoms with Crippen molar-refractivity contribution in [1.82, 2.24) is 10.6 Å². The summed E-state index contributed by atoms with van der Waals surface area (Å²) in [5, 5.41) is 6.25. The van der Waals surface area contributed by atoms with E-state index in [0.29, 0.717) is 12.6 Å². The Balaban J connectivity index is 1.61. The van der Waals surface area contributed by atoms with Crippen LogP contribution in [0.4, 0.5) is 0 Å². The molecule has 0 radical (unpaired) electrons. The molecule has 18 heavy (non-hydrogen) atoms. The Morgan fingerprint density at radius 1 is 1.50 bits per heavy atom. The standard InChI is InChI=1S/C14H22N2OS/c1-10(7-13-6-3-11(2)18-13)15-9-14(17)16-8-12-4-5-12/h3,6,10,12,15H,4-5,7-9H2,1-2H3,(H,16,17). The van der Waals surface area contributed by atoms with E-state index in [9.17, 15) is 4.79 Å². The molecule has 3 nitrogen and oxygen atoms in total. The van der Waals surface area contributed by atoms with Gasteiger partial charge < -0.3 is 10.6 Å². The number of hydrogen-bond donors (Lipinski definition) is 2. The van der Waals surface area contributed by atoms with Crippen LogP contribution in [0.3, 0.4) is 0 Å². The first kappa shape index (κ1) is 13.6. The first-order valence-corrected chi connectivity index (χ1v) is 7.50. The average Bonchev–Trinajstić information content (AvgIpc) is 3.08. The summed E-state index contributed by atoms with van der Waals surface area (Å²) >= 11 is 1.83. The third-order valence-electron chi connectivity index (χ3n) is 3.20. The fourth-order valence-corrected chi connectivity index (χ4v) is 2.90. The lowest BCUT2D eigenvalue weighted by Gasteiger charge is -2.12. The zero-order valence-corrected chi connectivity index (χ0v) is 12.0. The molecule has 2 rings (SSSR count). The minimum Gasteiger partial charge on any atom is -0.355 e. The van der Waals surface area contributed by atoms with Crippen molar-refractivity contribution in [3.8, 4) is 0 Å². The van der Waals surface area contributed by atoms with Crippen molar-refractivity contribution in [2.75, 3.05) is 13.1 Å². The molecular weight excluding hydrogens is 244 g/mol. The number of carbonyl (C=O) groups is 1. The average molecular weight is 266 g/mol. The van der Waals surface area contributed by atoms with E-state index in [0.717, 1.165) is 18.9 Å². The van der Waals surface area contributed by atoms with E-state index in [1.165, 1.54) is 22.6 Å². The van der Waals surface area contributed by atoms with E-state index in [1.54, 1.807) is 0 Å². The SMILES string of the molecule is Cc1ccc(CC(C)NCC(=O)NCC2CC2)s1. The predicted molar refractivity (Wildman–Crippen MR) is 76.0 cm³/mol. The fourth-order valence-electron chi connectivity index (χ4n) is 1.88. The molecule has 1 aliphatic carbocycles. The monoisotopic (exact) mass is 266 g/mol. The quantitative estimate of drug-likeness (QED) is 0.793. The highest BCUT2D eigenvalue weighted by Gasteiger charge is 2.21. The number of rotatable bonds is 7. The van der Waals surface area contributed by atoms with Gasteiger partial charge in [0, 0.05) is 22.3 Å². The van der Waals surface area contributed by atoms with E-state index < -0.39 is 0 Å². The van der Waals surface area contributed by atoms with Crippen molar-refractivity contribution < 1.29 is 4.79 Å². The molecule has 1 unspecified atom stereocenters. The lowest BCUT2D eigenvalue weighted by Crippen LogP contribution is -2.39. The topological polar surface area (TPSA) is 41.1 Å². The highest BCUT2D eigenvalue weighted by atomic mass is 32.1. The van der Waals surface area contributed by atoms with Crippen molar-refractivity contribution >= 4 is 17.2 Å². The zero-order chi connectivity index (χ0) is 13.0. The van der Waals surface area contributed by atoms with Gasteiger partial charge in [-0.2, -0.15) is 0 Å². The first-order chi connectivity index (χ1) is 8.63. The smallest absolute Gasteiger partial charge is 0.233 e. The Bertz CT molecular complexity index is 398. The van der Waals surface area contributed by atoms with Crippen molar-refractivity contribution in [1.29, 1.82) is 0 Å². The minimum absolute atomic E-state index is 0.121. The van der Waals surface area contributed by atoms with Gasteiger partial charge in [-0.05, 0) is 51.2 Å². The normalized spacial score (nSPS) is 16.6. The maximum Gasteiger partial charge on any atom is 0.233 e. The van der Waals surface area contributed by atoms with Gasteiger partial charge in [0.15, 0.2) is 0 Å². The van der Waals surface area contributed by atoms with Gasteiger partial charge in [0.1, 0.15) is 0 Å². The molecule has 1 aromatic heterocycles. The van der Waals surface area contributed by atoms with Gasteiger partial charge in [0.05, 0.1) is 6.54 Å². The number of nitrogens with one attached hydrogen (secondary N) is 2. The predicted octanol–water partition coefficient (Wildman–Crippen LogP) is 2.10. The van der Waals surface area contributed by atoms with Crippen molar-refractivity contribution in [3.63, 3.8) is 0 Å². The van der Waals surface area contributed by atoms with Crippen LogP contribution >= 0.6 is 11.3 Å². The summed E-state index contributed by atoms with van der Waals surface area (Å²) in [5.41, 5.74) is 0. The summed E-state index contributed by atoms with van der Waals surface area (Å²) in [5.74, 6) is 0.872. The molecule has 4 heteroatoms. The Hall–Kier alpha value is -0.870. The lowest BCUT2D eigenvalue weighted by molar-refractivity contribution is -0.120. The van der Waals surface area contributed by atoms with Gasteiger partial charge in [-0.15, -0.1) is 11.3 Å². The highest BCUT2D eigenvalue weighted by Crippen LogP contribution is 2.27. The van der Waals surface area contributed by atoms with Crippen LogP contribution in [-0.4, -0.2) is 25.0 Å². The molecule has 1 heterocycles. The number of carbonyl (C=O) groups excluding carboxylic acids is 1. The van der Waals surface area contributed by atoms with Crippen molar-refractivity contribution in [3.05, 3.63) is 21.9 Å². The number of aryl methyl sites for hydroxylation is 1. The summed E-state index contributed by atoms with van der Waals surface area (Å²) in [4.78, 5) is 14.3. The van der Waals surface area contributed by atoms with Crippen LogP contribution in [0.15, 0.2) is 12.1 Å². The van der Waals surface area contributed by atoms with E-state index in [4.69, 9.17) is 0 Å². The molecule has 0 saturated heterocycles. The molecule has 1 saturated carbocycles. The van der Waals surface area contributed by atoms with E-state index in [2.05, 4.69) is 36.6 Å². The summed E-state index contributed by atoms with van der Waals surface area (Å²) in [7, 11) is 0. The Morgan fingerprint density at radius 2 is 2.28 bits per heavy atom. The molecule has 2 N–H and O–H groups in total. The molecule has 0 spiro atoms. The number of hydrogen-bond acceptors (Lipinski definition) is 3. The van der Waals surface area contributed by atoms with Gasteiger partial charge >= 0.3 is 0 Å². The van der Waals surface area contributed by atoms with Crippen molar-refractivity contribution in [2.45, 2.75) is 39.2 Å².